The zero-order valence-corrected chi connectivity index (χ0v) is 15.6. The fourth-order valence-electron chi connectivity index (χ4n) is 3.91. The minimum absolute atomic E-state index is 0.331. The van der Waals surface area contributed by atoms with Crippen LogP contribution in [0.4, 0.5) is 0 Å². The molecule has 1 N–H and O–H groups in total. The Balaban J connectivity index is 0.000000181. The molecular weight excluding hydrogens is 344 g/mol. The van der Waals surface area contributed by atoms with Crippen LogP contribution >= 0.6 is 0 Å². The van der Waals surface area contributed by atoms with Crippen LogP contribution in [0.1, 0.15) is 39.4 Å². The van der Waals surface area contributed by atoms with Crippen molar-refractivity contribution in [3.8, 4) is 0 Å². The number of benzene rings is 4. The standard InChI is InChI=1S/C19H16.C7H6O2/c1-2-7-16-13-17(10-9-14(16)5-1)19-12-11-15-6-3-4-8-18(15)19;8-7(9)6-4-2-1-3-5-6/h1-10,13,19H,11-12H2;1-5H,(H,8,9). The van der Waals surface area contributed by atoms with E-state index < -0.39 is 5.97 Å². The summed E-state index contributed by atoms with van der Waals surface area (Å²) in [4.78, 5) is 10.2. The average Bonchev–Trinajstić information content (AvgIpc) is 3.19. The third kappa shape index (κ3) is 3.81. The fraction of sp³-hybridized carbons (Fsp3) is 0.115. The summed E-state index contributed by atoms with van der Waals surface area (Å²) in [5.74, 6) is -0.295. The lowest BCUT2D eigenvalue weighted by Gasteiger charge is -2.13. The van der Waals surface area contributed by atoms with Crippen LogP contribution in [0.2, 0.25) is 0 Å². The monoisotopic (exact) mass is 366 g/mol. The highest BCUT2D eigenvalue weighted by atomic mass is 16.4. The molecule has 1 aliphatic carbocycles. The van der Waals surface area contributed by atoms with Crippen molar-refractivity contribution in [3.63, 3.8) is 0 Å². The Labute approximate surface area is 165 Å². The molecule has 2 nitrogen and oxygen atoms in total. The van der Waals surface area contributed by atoms with Crippen molar-refractivity contribution in [1.82, 2.24) is 0 Å². The van der Waals surface area contributed by atoms with Gasteiger partial charge in [0.25, 0.3) is 0 Å². The third-order valence-corrected chi connectivity index (χ3v) is 5.33. The second-order valence-electron chi connectivity index (χ2n) is 7.07. The maximum absolute atomic E-state index is 10.2. The van der Waals surface area contributed by atoms with E-state index in [2.05, 4.69) is 66.7 Å². The van der Waals surface area contributed by atoms with Crippen molar-refractivity contribution in [1.29, 1.82) is 0 Å². The van der Waals surface area contributed by atoms with Gasteiger partial charge in [-0.15, -0.1) is 0 Å². The number of aryl methyl sites for hydroxylation is 1. The predicted molar refractivity (Wildman–Crippen MR) is 114 cm³/mol. The molecule has 0 aromatic heterocycles. The highest BCUT2D eigenvalue weighted by Gasteiger charge is 2.23. The van der Waals surface area contributed by atoms with Crippen LogP contribution in [-0.2, 0) is 6.42 Å². The minimum Gasteiger partial charge on any atom is -0.478 e. The number of carbonyl (C=O) groups is 1. The van der Waals surface area contributed by atoms with Crippen molar-refractivity contribution in [2.75, 3.05) is 0 Å². The van der Waals surface area contributed by atoms with Gasteiger partial charge in [0.05, 0.1) is 5.56 Å². The first-order valence-electron chi connectivity index (χ1n) is 9.57. The zero-order chi connectivity index (χ0) is 19.3. The van der Waals surface area contributed by atoms with Crippen molar-refractivity contribution in [2.24, 2.45) is 0 Å². The molecule has 0 aliphatic heterocycles. The average molecular weight is 366 g/mol. The largest absolute Gasteiger partial charge is 0.478 e. The Morgan fingerprint density at radius 1 is 0.750 bits per heavy atom. The van der Waals surface area contributed by atoms with Gasteiger partial charge in [-0.25, -0.2) is 4.79 Å². The molecule has 0 heterocycles. The van der Waals surface area contributed by atoms with Gasteiger partial charge in [0.15, 0.2) is 0 Å². The Kier molecular flexibility index (Phi) is 5.20. The molecule has 0 amide bonds. The van der Waals surface area contributed by atoms with Gasteiger partial charge in [-0.1, -0.05) is 84.9 Å². The molecular formula is C26H22O2. The lowest BCUT2D eigenvalue weighted by molar-refractivity contribution is 0.0697. The summed E-state index contributed by atoms with van der Waals surface area (Å²) >= 11 is 0. The maximum atomic E-state index is 10.2. The van der Waals surface area contributed by atoms with E-state index in [0.717, 1.165) is 0 Å². The smallest absolute Gasteiger partial charge is 0.335 e. The van der Waals surface area contributed by atoms with Crippen LogP contribution < -0.4 is 0 Å². The van der Waals surface area contributed by atoms with E-state index in [-0.39, 0.29) is 0 Å². The van der Waals surface area contributed by atoms with E-state index in [1.807, 2.05) is 0 Å². The van der Waals surface area contributed by atoms with Crippen LogP contribution in [-0.4, -0.2) is 11.1 Å². The third-order valence-electron chi connectivity index (χ3n) is 5.33. The van der Waals surface area contributed by atoms with Gasteiger partial charge in [0.2, 0.25) is 0 Å². The molecule has 28 heavy (non-hydrogen) atoms. The fourth-order valence-corrected chi connectivity index (χ4v) is 3.91. The molecule has 1 unspecified atom stereocenters. The molecule has 1 aliphatic rings. The van der Waals surface area contributed by atoms with Crippen molar-refractivity contribution in [3.05, 3.63) is 119 Å². The molecule has 0 fully saturated rings. The Morgan fingerprint density at radius 3 is 2.18 bits per heavy atom. The summed E-state index contributed by atoms with van der Waals surface area (Å²) in [6.07, 6.45) is 2.46. The summed E-state index contributed by atoms with van der Waals surface area (Å²) in [5.41, 5.74) is 4.85. The summed E-state index contributed by atoms with van der Waals surface area (Å²) in [6.45, 7) is 0. The first-order valence-corrected chi connectivity index (χ1v) is 9.57. The maximum Gasteiger partial charge on any atom is 0.335 e. The topological polar surface area (TPSA) is 37.3 Å². The van der Waals surface area contributed by atoms with E-state index in [4.69, 9.17) is 5.11 Å². The number of aromatic carboxylic acids is 1. The second-order valence-corrected chi connectivity index (χ2v) is 7.07. The molecule has 4 aromatic carbocycles. The number of rotatable bonds is 2. The molecule has 0 saturated carbocycles. The van der Waals surface area contributed by atoms with Gasteiger partial charge in [0, 0.05) is 5.92 Å². The van der Waals surface area contributed by atoms with E-state index in [1.54, 1.807) is 30.3 Å². The summed E-state index contributed by atoms with van der Waals surface area (Å²) in [6, 6.07) is 32.7. The van der Waals surface area contributed by atoms with Crippen molar-refractivity contribution >= 4 is 16.7 Å². The van der Waals surface area contributed by atoms with Crippen molar-refractivity contribution < 1.29 is 9.90 Å². The van der Waals surface area contributed by atoms with E-state index in [9.17, 15) is 4.79 Å². The molecule has 0 saturated heterocycles. The van der Waals surface area contributed by atoms with Gasteiger partial charge >= 0.3 is 5.97 Å². The van der Waals surface area contributed by atoms with Gasteiger partial charge in [0.1, 0.15) is 0 Å². The van der Waals surface area contributed by atoms with Crippen molar-refractivity contribution in [2.45, 2.75) is 18.8 Å². The predicted octanol–water partition coefficient (Wildman–Crippen LogP) is 6.30. The summed E-state index contributed by atoms with van der Waals surface area (Å²) in [5, 5.41) is 11.1. The second kappa shape index (κ2) is 8.10. The molecule has 0 radical (unpaired) electrons. The molecule has 0 spiro atoms. The summed E-state index contributed by atoms with van der Waals surface area (Å²) in [7, 11) is 0. The highest BCUT2D eigenvalue weighted by Crippen LogP contribution is 2.38. The van der Waals surface area contributed by atoms with Crippen LogP contribution in [0.15, 0.2) is 97.1 Å². The SMILES string of the molecule is O=C(O)c1ccccc1.c1ccc2c(c1)CCC2c1ccc2ccccc2c1. The normalized spacial score (nSPS) is 14.8. The van der Waals surface area contributed by atoms with Gasteiger partial charge in [-0.05, 0) is 52.4 Å². The molecule has 2 heteroatoms. The summed E-state index contributed by atoms with van der Waals surface area (Å²) < 4.78 is 0. The van der Waals surface area contributed by atoms with E-state index in [1.165, 1.54) is 40.3 Å². The Bertz CT molecular complexity index is 1100. The van der Waals surface area contributed by atoms with Gasteiger partial charge in [-0.2, -0.15) is 0 Å². The Hall–Kier alpha value is -3.39. The molecule has 0 bridgehead atoms. The number of fused-ring (bicyclic) bond motifs is 2. The first-order chi connectivity index (χ1) is 13.7. The zero-order valence-electron chi connectivity index (χ0n) is 15.6. The van der Waals surface area contributed by atoms with Crippen LogP contribution in [0.3, 0.4) is 0 Å². The van der Waals surface area contributed by atoms with E-state index >= 15 is 0 Å². The number of carboxylic acids is 1. The highest BCUT2D eigenvalue weighted by molar-refractivity contribution is 5.87. The first kappa shape index (κ1) is 18.0. The van der Waals surface area contributed by atoms with Crippen LogP contribution in [0.25, 0.3) is 10.8 Å². The van der Waals surface area contributed by atoms with Crippen LogP contribution in [0.5, 0.6) is 0 Å². The lowest BCUT2D eigenvalue weighted by Crippen LogP contribution is -1.95. The molecule has 1 atom stereocenters. The number of hydrogen-bond acceptors (Lipinski definition) is 1. The number of carboxylic acid groups (broad SMARTS) is 1. The lowest BCUT2D eigenvalue weighted by atomic mass is 9.91. The quantitative estimate of drug-likeness (QED) is 0.452. The molecule has 4 aromatic rings. The van der Waals surface area contributed by atoms with E-state index in [0.29, 0.717) is 11.5 Å². The Morgan fingerprint density at radius 2 is 1.43 bits per heavy atom. The van der Waals surface area contributed by atoms with Gasteiger partial charge in [-0.3, -0.25) is 0 Å². The number of hydrogen-bond donors (Lipinski definition) is 1. The van der Waals surface area contributed by atoms with Crippen LogP contribution in [0, 0.1) is 0 Å². The van der Waals surface area contributed by atoms with Gasteiger partial charge < -0.3 is 5.11 Å². The minimum atomic E-state index is -0.879. The molecule has 138 valence electrons. The molecule has 5 rings (SSSR count).